The minimum Gasteiger partial charge on any atom is -0.324 e. The second-order valence-electron chi connectivity index (χ2n) is 8.20. The number of benzene rings is 2. The topological polar surface area (TPSA) is 99.6 Å². The lowest BCUT2D eigenvalue weighted by molar-refractivity contribution is 0.567. The van der Waals surface area contributed by atoms with Crippen LogP contribution in [-0.4, -0.2) is 28.9 Å². The first-order chi connectivity index (χ1) is 17.2. The predicted molar refractivity (Wildman–Crippen MR) is 131 cm³/mol. The first-order valence-corrected chi connectivity index (χ1v) is 11.1. The van der Waals surface area contributed by atoms with Gasteiger partial charge >= 0.3 is 11.4 Å². The van der Waals surface area contributed by atoms with Crippen LogP contribution in [0.5, 0.6) is 0 Å². The summed E-state index contributed by atoms with van der Waals surface area (Å²) in [6, 6.07) is 7.80. The van der Waals surface area contributed by atoms with Gasteiger partial charge in [-0.3, -0.25) is 14.2 Å². The van der Waals surface area contributed by atoms with Crippen LogP contribution < -0.4 is 16.7 Å². The lowest BCUT2D eigenvalue weighted by atomic mass is 10.2. The summed E-state index contributed by atoms with van der Waals surface area (Å²) >= 11 is 6.42. The third-order valence-corrected chi connectivity index (χ3v) is 5.79. The second-order valence-corrected chi connectivity index (χ2v) is 8.60. The van der Waals surface area contributed by atoms with E-state index in [0.717, 1.165) is 32.7 Å². The number of fused-ring (bicyclic) bond motifs is 1. The Morgan fingerprint density at radius 2 is 1.89 bits per heavy atom. The van der Waals surface area contributed by atoms with Gasteiger partial charge in [0.15, 0.2) is 0 Å². The Hall–Kier alpha value is -4.38. The summed E-state index contributed by atoms with van der Waals surface area (Å²) in [6.45, 7) is 1.34. The highest BCUT2D eigenvalue weighted by Gasteiger charge is 2.18. The molecule has 5 rings (SSSR count). The van der Waals surface area contributed by atoms with Gasteiger partial charge in [-0.15, -0.1) is 0 Å². The predicted octanol–water partition coefficient (Wildman–Crippen LogP) is 3.71. The second kappa shape index (κ2) is 9.00. The molecular weight excluding hydrogens is 492 g/mol. The third-order valence-electron chi connectivity index (χ3n) is 5.48. The average Bonchev–Trinajstić information content (AvgIpc) is 3.17. The highest BCUT2D eigenvalue weighted by molar-refractivity contribution is 6.34. The maximum Gasteiger partial charge on any atom is 0.359 e. The van der Waals surface area contributed by atoms with Crippen LogP contribution in [0.2, 0.25) is 5.02 Å². The molecule has 0 bridgehead atoms. The Labute approximate surface area is 207 Å². The molecule has 0 aliphatic heterocycles. The molecule has 0 amide bonds. The molecule has 0 saturated carbocycles. The molecule has 1 N–H and O–H groups in total. The number of hydrogen-bond acceptors (Lipinski definition) is 6. The summed E-state index contributed by atoms with van der Waals surface area (Å²) in [5, 5.41) is 8.20. The zero-order chi connectivity index (χ0) is 25.6. The highest BCUT2D eigenvalue weighted by atomic mass is 35.5. The number of rotatable bonds is 5. The van der Waals surface area contributed by atoms with Crippen molar-refractivity contribution in [2.45, 2.75) is 13.5 Å². The Bertz CT molecular complexity index is 1760. The number of hydrogen-bond donors (Lipinski definition) is 1. The Morgan fingerprint density at radius 3 is 2.67 bits per heavy atom. The third kappa shape index (κ3) is 4.36. The smallest absolute Gasteiger partial charge is 0.324 e. The monoisotopic (exact) mass is 509 g/mol. The van der Waals surface area contributed by atoms with Gasteiger partial charge in [0, 0.05) is 30.4 Å². The standard InChI is InChI=1S/C24H18ClF2N7O2/c1-13-5-17(10-28-9-13)34-23(35)30-22(29-21-7-15-11-32(2)31-20(15)8-18(21)25)33(24(34)36)12-14-6-16(26)3-4-19(14)27/h3-11H,12H2,1-2H3,(H,29,30,35). The number of nitrogens with one attached hydrogen (secondary N) is 1. The average molecular weight is 510 g/mol. The largest absolute Gasteiger partial charge is 0.359 e. The Balaban J connectivity index is 1.70. The van der Waals surface area contributed by atoms with Crippen molar-refractivity contribution in [1.82, 2.24) is 28.9 Å². The highest BCUT2D eigenvalue weighted by Crippen LogP contribution is 2.29. The quantitative estimate of drug-likeness (QED) is 0.388. The van der Waals surface area contributed by atoms with Gasteiger partial charge in [0.2, 0.25) is 5.95 Å². The molecule has 0 saturated heterocycles. The fourth-order valence-electron chi connectivity index (χ4n) is 3.83. The molecule has 2 aromatic carbocycles. The van der Waals surface area contributed by atoms with E-state index in [1.54, 1.807) is 49.2 Å². The Kier molecular flexibility index (Phi) is 5.84. The molecule has 0 atom stereocenters. The summed E-state index contributed by atoms with van der Waals surface area (Å²) < 4.78 is 31.9. The maximum absolute atomic E-state index is 14.5. The van der Waals surface area contributed by atoms with Gasteiger partial charge in [0.05, 0.1) is 34.7 Å². The van der Waals surface area contributed by atoms with Crippen LogP contribution in [0.25, 0.3) is 16.6 Å². The molecule has 3 aromatic heterocycles. The summed E-state index contributed by atoms with van der Waals surface area (Å²) in [4.78, 5) is 34.6. The zero-order valence-corrected chi connectivity index (χ0v) is 19.8. The molecule has 0 radical (unpaired) electrons. The molecule has 5 aromatic rings. The van der Waals surface area contributed by atoms with Crippen molar-refractivity contribution in [1.29, 1.82) is 0 Å². The van der Waals surface area contributed by atoms with E-state index in [9.17, 15) is 18.4 Å². The fraction of sp³-hybridized carbons (Fsp3) is 0.125. The van der Waals surface area contributed by atoms with Gasteiger partial charge in [-0.2, -0.15) is 10.1 Å². The van der Waals surface area contributed by atoms with E-state index in [2.05, 4.69) is 20.4 Å². The van der Waals surface area contributed by atoms with Crippen LogP contribution in [0.4, 0.5) is 20.4 Å². The van der Waals surface area contributed by atoms with Gasteiger partial charge in [0.25, 0.3) is 0 Å². The lowest BCUT2D eigenvalue weighted by Gasteiger charge is -2.16. The number of pyridine rings is 1. The molecule has 9 nitrogen and oxygen atoms in total. The molecule has 0 fully saturated rings. The normalized spacial score (nSPS) is 11.2. The maximum atomic E-state index is 14.5. The fourth-order valence-corrected chi connectivity index (χ4v) is 4.04. The summed E-state index contributed by atoms with van der Waals surface area (Å²) in [5.74, 6) is -1.60. The van der Waals surface area contributed by atoms with E-state index in [-0.39, 0.29) is 22.2 Å². The molecule has 0 aliphatic rings. The first-order valence-electron chi connectivity index (χ1n) is 10.7. The molecule has 0 spiro atoms. The van der Waals surface area contributed by atoms with Crippen LogP contribution in [0.3, 0.4) is 0 Å². The SMILES string of the molecule is Cc1cncc(-n2c(=O)nc(Nc3cc4cn(C)nc4cc3Cl)n(Cc3cc(F)ccc3F)c2=O)c1. The van der Waals surface area contributed by atoms with Crippen molar-refractivity contribution in [3.63, 3.8) is 0 Å². The lowest BCUT2D eigenvalue weighted by Crippen LogP contribution is -2.42. The number of aromatic nitrogens is 6. The minimum absolute atomic E-state index is 0.108. The van der Waals surface area contributed by atoms with Crippen molar-refractivity contribution in [2.75, 3.05) is 5.32 Å². The van der Waals surface area contributed by atoms with Gasteiger partial charge < -0.3 is 5.32 Å². The van der Waals surface area contributed by atoms with E-state index in [0.29, 0.717) is 16.8 Å². The van der Waals surface area contributed by atoms with Crippen LogP contribution in [0, 0.1) is 18.6 Å². The molecule has 36 heavy (non-hydrogen) atoms. The van der Waals surface area contributed by atoms with Gasteiger partial charge in [-0.1, -0.05) is 11.6 Å². The van der Waals surface area contributed by atoms with Crippen LogP contribution in [0.1, 0.15) is 11.1 Å². The molecule has 182 valence electrons. The number of halogens is 3. The molecule has 0 unspecified atom stereocenters. The summed E-state index contributed by atoms with van der Waals surface area (Å²) in [7, 11) is 1.76. The van der Waals surface area contributed by atoms with E-state index in [1.807, 2.05) is 0 Å². The van der Waals surface area contributed by atoms with E-state index in [1.165, 1.54) is 6.20 Å². The van der Waals surface area contributed by atoms with Crippen LogP contribution in [0.15, 0.2) is 64.6 Å². The van der Waals surface area contributed by atoms with Gasteiger partial charge in [-0.25, -0.2) is 22.9 Å². The molecular formula is C24H18ClF2N7O2. The van der Waals surface area contributed by atoms with E-state index >= 15 is 0 Å². The van der Waals surface area contributed by atoms with Gasteiger partial charge in [-0.05, 0) is 48.9 Å². The summed E-state index contributed by atoms with van der Waals surface area (Å²) in [6.07, 6.45) is 4.67. The molecule has 0 aliphatic carbocycles. The van der Waals surface area contributed by atoms with Crippen molar-refractivity contribution >= 4 is 34.1 Å². The Morgan fingerprint density at radius 1 is 1.08 bits per heavy atom. The number of aryl methyl sites for hydroxylation is 2. The van der Waals surface area contributed by atoms with Crippen molar-refractivity contribution in [3.05, 3.63) is 104 Å². The van der Waals surface area contributed by atoms with Crippen molar-refractivity contribution < 1.29 is 8.78 Å². The van der Waals surface area contributed by atoms with Crippen LogP contribution >= 0.6 is 11.6 Å². The minimum atomic E-state index is -0.885. The van der Waals surface area contributed by atoms with Crippen molar-refractivity contribution in [2.24, 2.45) is 7.05 Å². The summed E-state index contributed by atoms with van der Waals surface area (Å²) in [5.41, 5.74) is 0.0574. The number of nitrogens with zero attached hydrogens (tertiary/aromatic N) is 6. The zero-order valence-electron chi connectivity index (χ0n) is 19.0. The first kappa shape index (κ1) is 23.4. The number of anilines is 2. The molecule has 3 heterocycles. The van der Waals surface area contributed by atoms with E-state index in [4.69, 9.17) is 11.6 Å². The van der Waals surface area contributed by atoms with Gasteiger partial charge in [0.1, 0.15) is 11.6 Å². The van der Waals surface area contributed by atoms with Crippen molar-refractivity contribution in [3.8, 4) is 5.69 Å². The van der Waals surface area contributed by atoms with Crippen LogP contribution in [-0.2, 0) is 13.6 Å². The molecule has 12 heteroatoms. The van der Waals surface area contributed by atoms with E-state index < -0.39 is 29.6 Å².